The van der Waals surface area contributed by atoms with Gasteiger partial charge in [-0.15, -0.1) is 0 Å². The normalized spacial score (nSPS) is 21.0. The van der Waals surface area contributed by atoms with E-state index in [4.69, 9.17) is 19.3 Å². The molecular weight excluding hydrogens is 651 g/mol. The summed E-state index contributed by atoms with van der Waals surface area (Å²) >= 11 is 0. The summed E-state index contributed by atoms with van der Waals surface area (Å²) in [6, 6.07) is 0. The number of phosphoric ester groups is 1. The van der Waals surface area contributed by atoms with Crippen molar-refractivity contribution in [3.63, 3.8) is 0 Å². The standard InChI is InChI=1S/C37H67O11P/c1-3-5-7-8-9-10-11-12-13-14-20-24-37(42)48-31(29-47-49(43,44)45)28-46-36(41)23-19-16-15-18-22-32-33(35(40)27-34(32)39)26-25-30(38)21-17-6-4-2/h8-9,25-26,30-35,38-40H,3-7,10-24,27-29H2,1-2H3,(H2,43,44,45)/b9-8-,26-25+/t30-,31+,32+,33+,34-,35+/m0/s1. The minimum Gasteiger partial charge on any atom is -0.462 e. The molecule has 1 fully saturated rings. The average Bonchev–Trinajstić information content (AvgIpc) is 3.32. The highest BCUT2D eigenvalue weighted by atomic mass is 31.2. The Bertz CT molecular complexity index is 966. The van der Waals surface area contributed by atoms with Gasteiger partial charge in [0, 0.05) is 25.2 Å². The van der Waals surface area contributed by atoms with Crippen LogP contribution in [0.5, 0.6) is 0 Å². The molecule has 0 spiro atoms. The molecule has 1 aliphatic carbocycles. The van der Waals surface area contributed by atoms with Crippen LogP contribution in [0.4, 0.5) is 0 Å². The fourth-order valence-corrected chi connectivity index (χ4v) is 6.52. The number of rotatable bonds is 30. The molecule has 0 heterocycles. The molecular formula is C37H67O11P. The van der Waals surface area contributed by atoms with E-state index in [2.05, 4.69) is 30.5 Å². The molecule has 0 saturated heterocycles. The first kappa shape index (κ1) is 45.4. The third-order valence-corrected chi connectivity index (χ3v) is 9.53. The Morgan fingerprint density at radius 1 is 0.776 bits per heavy atom. The molecule has 0 radical (unpaired) electrons. The van der Waals surface area contributed by atoms with E-state index in [1.165, 1.54) is 12.8 Å². The molecule has 11 nitrogen and oxygen atoms in total. The monoisotopic (exact) mass is 718 g/mol. The maximum atomic E-state index is 12.4. The molecule has 0 bridgehead atoms. The molecule has 1 rings (SSSR count). The van der Waals surface area contributed by atoms with Gasteiger partial charge in [0.15, 0.2) is 6.10 Å². The molecule has 5 N–H and O–H groups in total. The summed E-state index contributed by atoms with van der Waals surface area (Å²) in [5.41, 5.74) is 0. The Balaban J connectivity index is 2.32. The molecule has 286 valence electrons. The zero-order valence-corrected chi connectivity index (χ0v) is 31.1. The van der Waals surface area contributed by atoms with Crippen LogP contribution < -0.4 is 0 Å². The van der Waals surface area contributed by atoms with E-state index in [0.717, 1.165) is 83.5 Å². The lowest BCUT2D eigenvalue weighted by molar-refractivity contribution is -0.161. The highest BCUT2D eigenvalue weighted by molar-refractivity contribution is 7.46. The summed E-state index contributed by atoms with van der Waals surface area (Å²) in [6.07, 6.45) is 22.6. The number of phosphoric acid groups is 1. The molecule has 0 unspecified atom stereocenters. The molecule has 1 aliphatic rings. The molecule has 0 aliphatic heterocycles. The molecule has 6 atom stereocenters. The largest absolute Gasteiger partial charge is 0.469 e. The van der Waals surface area contributed by atoms with Crippen molar-refractivity contribution in [2.24, 2.45) is 11.8 Å². The van der Waals surface area contributed by atoms with Crippen LogP contribution in [-0.2, 0) is 28.2 Å². The van der Waals surface area contributed by atoms with Crippen molar-refractivity contribution in [1.29, 1.82) is 0 Å². The predicted molar refractivity (Wildman–Crippen MR) is 190 cm³/mol. The highest BCUT2D eigenvalue weighted by Gasteiger charge is 2.39. The Morgan fingerprint density at radius 3 is 2.06 bits per heavy atom. The second kappa shape index (κ2) is 28.1. The van der Waals surface area contributed by atoms with Gasteiger partial charge >= 0.3 is 19.8 Å². The Labute approximate surface area is 295 Å². The smallest absolute Gasteiger partial charge is 0.462 e. The fraction of sp³-hybridized carbons (Fsp3) is 0.838. The number of aliphatic hydroxyl groups excluding tert-OH is 3. The number of aliphatic hydroxyl groups is 3. The van der Waals surface area contributed by atoms with Gasteiger partial charge in [-0.05, 0) is 50.9 Å². The summed E-state index contributed by atoms with van der Waals surface area (Å²) < 4.78 is 26.3. The fourth-order valence-electron chi connectivity index (χ4n) is 6.16. The minimum atomic E-state index is -4.80. The van der Waals surface area contributed by atoms with Crippen molar-refractivity contribution in [2.45, 2.75) is 173 Å². The quantitative estimate of drug-likeness (QED) is 0.0219. The van der Waals surface area contributed by atoms with Gasteiger partial charge in [-0.25, -0.2) is 4.57 Å². The number of hydrogen-bond acceptors (Lipinski definition) is 9. The first-order valence-electron chi connectivity index (χ1n) is 18.9. The highest BCUT2D eigenvalue weighted by Crippen LogP contribution is 2.37. The lowest BCUT2D eigenvalue weighted by atomic mass is 9.88. The van der Waals surface area contributed by atoms with Crippen LogP contribution in [0, 0.1) is 11.8 Å². The zero-order valence-electron chi connectivity index (χ0n) is 30.2. The molecule has 0 aromatic heterocycles. The number of carbonyl (C=O) groups is 2. The second-order valence-electron chi connectivity index (χ2n) is 13.5. The van der Waals surface area contributed by atoms with Crippen molar-refractivity contribution in [3.05, 3.63) is 24.3 Å². The van der Waals surface area contributed by atoms with E-state index in [0.29, 0.717) is 25.7 Å². The lowest BCUT2D eigenvalue weighted by Gasteiger charge is -2.21. The molecule has 12 heteroatoms. The summed E-state index contributed by atoms with van der Waals surface area (Å²) in [7, 11) is -4.80. The lowest BCUT2D eigenvalue weighted by Crippen LogP contribution is -2.29. The molecule has 0 aromatic rings. The van der Waals surface area contributed by atoms with Crippen molar-refractivity contribution in [2.75, 3.05) is 13.2 Å². The maximum absolute atomic E-state index is 12.4. The molecule has 49 heavy (non-hydrogen) atoms. The van der Waals surface area contributed by atoms with E-state index in [1.807, 2.05) is 6.08 Å². The molecule has 0 amide bonds. The van der Waals surface area contributed by atoms with Gasteiger partial charge in [-0.3, -0.25) is 14.1 Å². The van der Waals surface area contributed by atoms with Gasteiger partial charge in [-0.1, -0.05) is 109 Å². The van der Waals surface area contributed by atoms with Gasteiger partial charge in [-0.2, -0.15) is 0 Å². The van der Waals surface area contributed by atoms with E-state index in [-0.39, 0.29) is 31.3 Å². The van der Waals surface area contributed by atoms with Crippen LogP contribution in [0.2, 0.25) is 0 Å². The second-order valence-corrected chi connectivity index (χ2v) is 14.8. The van der Waals surface area contributed by atoms with Crippen LogP contribution in [0.25, 0.3) is 0 Å². The number of carbonyl (C=O) groups excluding carboxylic acids is 2. The summed E-state index contributed by atoms with van der Waals surface area (Å²) in [4.78, 5) is 42.8. The topological polar surface area (TPSA) is 180 Å². The van der Waals surface area contributed by atoms with Gasteiger partial charge < -0.3 is 34.6 Å². The van der Waals surface area contributed by atoms with Gasteiger partial charge in [0.25, 0.3) is 0 Å². The minimum absolute atomic E-state index is 0.0818. The third-order valence-electron chi connectivity index (χ3n) is 9.04. The summed E-state index contributed by atoms with van der Waals surface area (Å²) in [6.45, 7) is 3.34. The van der Waals surface area contributed by atoms with Crippen LogP contribution in [0.3, 0.4) is 0 Å². The first-order chi connectivity index (χ1) is 23.5. The average molecular weight is 719 g/mol. The van der Waals surface area contributed by atoms with E-state index >= 15 is 0 Å². The van der Waals surface area contributed by atoms with Gasteiger partial charge in [0.1, 0.15) is 6.61 Å². The van der Waals surface area contributed by atoms with Crippen molar-refractivity contribution in [1.82, 2.24) is 0 Å². The van der Waals surface area contributed by atoms with Crippen LogP contribution >= 0.6 is 7.82 Å². The van der Waals surface area contributed by atoms with Crippen LogP contribution in [0.1, 0.15) is 149 Å². The third kappa shape index (κ3) is 24.3. The van der Waals surface area contributed by atoms with Crippen LogP contribution in [0.15, 0.2) is 24.3 Å². The Morgan fingerprint density at radius 2 is 1.39 bits per heavy atom. The number of hydrogen-bond donors (Lipinski definition) is 5. The molecule has 0 aromatic carbocycles. The zero-order chi connectivity index (χ0) is 36.3. The maximum Gasteiger partial charge on any atom is 0.469 e. The van der Waals surface area contributed by atoms with Crippen molar-refractivity contribution in [3.8, 4) is 0 Å². The van der Waals surface area contributed by atoms with Crippen molar-refractivity contribution < 1.29 is 53.3 Å². The van der Waals surface area contributed by atoms with Gasteiger partial charge in [0.2, 0.25) is 0 Å². The van der Waals surface area contributed by atoms with Gasteiger partial charge in [0.05, 0.1) is 24.9 Å². The number of allylic oxidation sites excluding steroid dienone is 2. The number of unbranched alkanes of at least 4 members (excludes halogenated alkanes) is 12. The Kier molecular flexibility index (Phi) is 26.0. The predicted octanol–water partition coefficient (Wildman–Crippen LogP) is 7.22. The number of ether oxygens (including phenoxy) is 2. The number of esters is 2. The van der Waals surface area contributed by atoms with E-state index < -0.39 is 50.8 Å². The SMILES string of the molecule is CCCC/C=C\CCCCCCCC(=O)O[C@H](COC(=O)CCCCCC[C@@H]1[C@@H](/C=C/[C@@H](O)CCCCC)[C@H](O)C[C@@H]1O)COP(=O)(O)O. The van der Waals surface area contributed by atoms with Crippen LogP contribution in [-0.4, -0.2) is 74.7 Å². The Hall–Kier alpha value is -1.59. The first-order valence-corrected chi connectivity index (χ1v) is 20.4. The summed E-state index contributed by atoms with van der Waals surface area (Å²) in [5, 5.41) is 31.2. The van der Waals surface area contributed by atoms with Crippen molar-refractivity contribution >= 4 is 19.8 Å². The van der Waals surface area contributed by atoms with E-state index in [9.17, 15) is 29.5 Å². The molecule has 1 saturated carbocycles. The summed E-state index contributed by atoms with van der Waals surface area (Å²) in [5.74, 6) is -1.31. The van der Waals surface area contributed by atoms with E-state index in [1.54, 1.807) is 6.08 Å².